The largest absolute Gasteiger partial charge is 0.338 e. The molecule has 1 aliphatic heterocycles. The van der Waals surface area contributed by atoms with Gasteiger partial charge in [0, 0.05) is 29.1 Å². The molecule has 1 fully saturated rings. The minimum Gasteiger partial charge on any atom is -0.338 e. The fourth-order valence-electron chi connectivity index (χ4n) is 4.03. The van der Waals surface area contributed by atoms with Crippen LogP contribution < -0.4 is 5.32 Å². The van der Waals surface area contributed by atoms with Crippen LogP contribution in [0.1, 0.15) is 23.2 Å². The van der Waals surface area contributed by atoms with Crippen molar-refractivity contribution in [1.82, 2.24) is 15.2 Å². The first-order valence-corrected chi connectivity index (χ1v) is 10.1. The van der Waals surface area contributed by atoms with Gasteiger partial charge in [0.05, 0.1) is 16.8 Å². The molecule has 0 bridgehead atoms. The molecule has 1 atom stereocenters. The molecule has 0 aliphatic carbocycles. The Balaban J connectivity index is 1.77. The molecular formula is C23H24ClN3O. The maximum Gasteiger partial charge on any atom is 0.254 e. The van der Waals surface area contributed by atoms with Crippen LogP contribution >= 0.6 is 11.6 Å². The Labute approximate surface area is 170 Å². The fraction of sp³-hybridized carbons (Fsp3) is 0.304. The summed E-state index contributed by atoms with van der Waals surface area (Å²) >= 11 is 6.40. The molecule has 0 spiro atoms. The zero-order chi connectivity index (χ0) is 19.5. The van der Waals surface area contributed by atoms with Crippen molar-refractivity contribution in [2.24, 2.45) is 5.92 Å². The number of halogens is 1. The number of hydrogen-bond acceptors (Lipinski definition) is 3. The summed E-state index contributed by atoms with van der Waals surface area (Å²) in [6.07, 6.45) is 2.20. The summed E-state index contributed by atoms with van der Waals surface area (Å²) in [5, 5.41) is 4.76. The Bertz CT molecular complexity index is 1000. The van der Waals surface area contributed by atoms with E-state index in [-0.39, 0.29) is 5.91 Å². The van der Waals surface area contributed by atoms with Crippen LogP contribution in [-0.4, -0.2) is 42.5 Å². The summed E-state index contributed by atoms with van der Waals surface area (Å²) in [7, 11) is 1.97. The molecule has 144 valence electrons. The van der Waals surface area contributed by atoms with Gasteiger partial charge in [-0.3, -0.25) is 4.79 Å². The van der Waals surface area contributed by atoms with Crippen LogP contribution in [-0.2, 0) is 0 Å². The second-order valence-electron chi connectivity index (χ2n) is 7.37. The lowest BCUT2D eigenvalue weighted by molar-refractivity contribution is 0.0676. The smallest absolute Gasteiger partial charge is 0.254 e. The highest BCUT2D eigenvalue weighted by Crippen LogP contribution is 2.31. The molecule has 5 heteroatoms. The summed E-state index contributed by atoms with van der Waals surface area (Å²) in [6.45, 7) is 2.53. The van der Waals surface area contributed by atoms with Gasteiger partial charge in [0.25, 0.3) is 5.91 Å². The molecule has 1 amide bonds. The first-order chi connectivity index (χ1) is 13.7. The average molecular weight is 394 g/mol. The number of amides is 1. The molecule has 4 rings (SSSR count). The molecule has 4 nitrogen and oxygen atoms in total. The molecule has 1 saturated heterocycles. The average Bonchev–Trinajstić information content (AvgIpc) is 2.73. The van der Waals surface area contributed by atoms with Crippen molar-refractivity contribution in [3.05, 3.63) is 65.2 Å². The number of likely N-dealkylation sites (tertiary alicyclic amines) is 1. The summed E-state index contributed by atoms with van der Waals surface area (Å²) in [5.74, 6) is 0.576. The van der Waals surface area contributed by atoms with Gasteiger partial charge in [-0.25, -0.2) is 4.98 Å². The van der Waals surface area contributed by atoms with E-state index in [0.29, 0.717) is 16.5 Å². The number of para-hydroxylation sites is 1. The van der Waals surface area contributed by atoms with Crippen molar-refractivity contribution < 1.29 is 4.79 Å². The van der Waals surface area contributed by atoms with E-state index >= 15 is 0 Å². The summed E-state index contributed by atoms with van der Waals surface area (Å²) in [6, 6.07) is 17.3. The minimum absolute atomic E-state index is 0.0766. The topological polar surface area (TPSA) is 45.2 Å². The molecule has 3 aromatic rings. The Kier molecular flexibility index (Phi) is 5.60. The van der Waals surface area contributed by atoms with E-state index in [1.54, 1.807) is 0 Å². The van der Waals surface area contributed by atoms with Gasteiger partial charge in [0.1, 0.15) is 0 Å². The number of benzene rings is 2. The molecular weight excluding hydrogens is 370 g/mol. The number of carbonyl (C=O) groups excluding carboxylic acids is 1. The van der Waals surface area contributed by atoms with Crippen molar-refractivity contribution in [3.63, 3.8) is 0 Å². The third-order valence-electron chi connectivity index (χ3n) is 5.40. The lowest BCUT2D eigenvalue weighted by Crippen LogP contribution is -2.42. The Hall–Kier alpha value is -2.43. The number of nitrogens with zero attached hydrogens (tertiary/aromatic N) is 2. The number of carbonyl (C=O) groups is 1. The molecule has 1 aromatic heterocycles. The SMILES string of the molecule is CNCC1CCCN(C(=O)c2cc(-c3ccccc3Cl)nc3ccccc23)C1. The van der Waals surface area contributed by atoms with E-state index in [4.69, 9.17) is 16.6 Å². The highest BCUT2D eigenvalue weighted by molar-refractivity contribution is 6.33. The summed E-state index contributed by atoms with van der Waals surface area (Å²) in [4.78, 5) is 20.2. The van der Waals surface area contributed by atoms with E-state index in [1.807, 2.05) is 66.5 Å². The molecule has 1 aliphatic rings. The maximum atomic E-state index is 13.5. The van der Waals surface area contributed by atoms with Crippen LogP contribution in [0.25, 0.3) is 22.2 Å². The van der Waals surface area contributed by atoms with Gasteiger partial charge in [-0.15, -0.1) is 0 Å². The quantitative estimate of drug-likeness (QED) is 0.703. The van der Waals surface area contributed by atoms with Crippen molar-refractivity contribution in [2.45, 2.75) is 12.8 Å². The first-order valence-electron chi connectivity index (χ1n) is 9.76. The van der Waals surface area contributed by atoms with Crippen LogP contribution in [0.5, 0.6) is 0 Å². The van der Waals surface area contributed by atoms with Crippen LogP contribution in [0.2, 0.25) is 5.02 Å². The standard InChI is InChI=1S/C23H24ClN3O/c1-25-14-16-7-6-12-27(15-16)23(28)19-13-22(18-9-2-4-10-20(18)24)26-21-11-5-3-8-17(19)21/h2-5,8-11,13,16,25H,6-7,12,14-15H2,1H3. The van der Waals surface area contributed by atoms with Crippen LogP contribution in [0, 0.1) is 5.92 Å². The molecule has 28 heavy (non-hydrogen) atoms. The zero-order valence-electron chi connectivity index (χ0n) is 16.0. The monoisotopic (exact) mass is 393 g/mol. The third-order valence-corrected chi connectivity index (χ3v) is 5.72. The molecule has 1 N–H and O–H groups in total. The second kappa shape index (κ2) is 8.29. The van der Waals surface area contributed by atoms with E-state index in [1.165, 1.54) is 0 Å². The maximum absolute atomic E-state index is 13.5. The summed E-state index contributed by atoms with van der Waals surface area (Å²) in [5.41, 5.74) is 3.09. The number of fused-ring (bicyclic) bond motifs is 1. The van der Waals surface area contributed by atoms with E-state index < -0.39 is 0 Å². The van der Waals surface area contributed by atoms with Crippen LogP contribution in [0.15, 0.2) is 54.6 Å². The number of pyridine rings is 1. The lowest BCUT2D eigenvalue weighted by atomic mass is 9.96. The molecule has 1 unspecified atom stereocenters. The minimum atomic E-state index is 0.0766. The number of nitrogens with one attached hydrogen (secondary N) is 1. The number of aromatic nitrogens is 1. The van der Waals surface area contributed by atoms with Crippen LogP contribution in [0.3, 0.4) is 0 Å². The molecule has 0 saturated carbocycles. The normalized spacial score (nSPS) is 17.1. The molecule has 0 radical (unpaired) electrons. The van der Waals surface area contributed by atoms with Gasteiger partial charge in [-0.1, -0.05) is 48.0 Å². The van der Waals surface area contributed by atoms with Gasteiger partial charge < -0.3 is 10.2 Å². The van der Waals surface area contributed by atoms with E-state index in [9.17, 15) is 4.79 Å². The van der Waals surface area contributed by atoms with Crippen molar-refractivity contribution >= 4 is 28.4 Å². The van der Waals surface area contributed by atoms with Gasteiger partial charge in [0.15, 0.2) is 0 Å². The highest BCUT2D eigenvalue weighted by Gasteiger charge is 2.26. The van der Waals surface area contributed by atoms with Gasteiger partial charge >= 0.3 is 0 Å². The zero-order valence-corrected chi connectivity index (χ0v) is 16.7. The molecule has 2 heterocycles. The Morgan fingerprint density at radius 2 is 2.00 bits per heavy atom. The van der Waals surface area contributed by atoms with E-state index in [2.05, 4.69) is 5.32 Å². The van der Waals surface area contributed by atoms with Crippen molar-refractivity contribution in [1.29, 1.82) is 0 Å². The van der Waals surface area contributed by atoms with Gasteiger partial charge in [-0.05, 0) is 50.6 Å². The summed E-state index contributed by atoms with van der Waals surface area (Å²) < 4.78 is 0. The Morgan fingerprint density at radius 3 is 2.82 bits per heavy atom. The van der Waals surface area contributed by atoms with Crippen molar-refractivity contribution in [2.75, 3.05) is 26.7 Å². The highest BCUT2D eigenvalue weighted by atomic mass is 35.5. The first kappa shape index (κ1) is 18.9. The fourth-order valence-corrected chi connectivity index (χ4v) is 4.27. The predicted molar refractivity (Wildman–Crippen MR) is 115 cm³/mol. The van der Waals surface area contributed by atoms with Gasteiger partial charge in [-0.2, -0.15) is 0 Å². The number of rotatable bonds is 4. The van der Waals surface area contributed by atoms with E-state index in [0.717, 1.165) is 54.6 Å². The second-order valence-corrected chi connectivity index (χ2v) is 7.78. The number of hydrogen-bond donors (Lipinski definition) is 1. The number of piperidine rings is 1. The van der Waals surface area contributed by atoms with Gasteiger partial charge in [0.2, 0.25) is 0 Å². The predicted octanol–water partition coefficient (Wildman–Crippen LogP) is 4.63. The van der Waals surface area contributed by atoms with Crippen LogP contribution in [0.4, 0.5) is 0 Å². The Morgan fingerprint density at radius 1 is 1.21 bits per heavy atom. The lowest BCUT2D eigenvalue weighted by Gasteiger charge is -2.33. The molecule has 2 aromatic carbocycles. The van der Waals surface area contributed by atoms with Crippen molar-refractivity contribution in [3.8, 4) is 11.3 Å². The third kappa shape index (κ3) is 3.75.